The summed E-state index contributed by atoms with van der Waals surface area (Å²) in [6.07, 6.45) is 0.505. The summed E-state index contributed by atoms with van der Waals surface area (Å²) in [5, 5.41) is 2.91. The summed E-state index contributed by atoms with van der Waals surface area (Å²) in [7, 11) is 3.32. The summed E-state index contributed by atoms with van der Waals surface area (Å²) < 4.78 is 10.6. The van der Waals surface area contributed by atoms with Crippen LogP contribution in [0.25, 0.3) is 0 Å². The van der Waals surface area contributed by atoms with E-state index < -0.39 is 5.54 Å². The van der Waals surface area contributed by atoms with Gasteiger partial charge in [-0.15, -0.1) is 0 Å². The van der Waals surface area contributed by atoms with Crippen LogP contribution in [0.15, 0.2) is 24.3 Å². The fourth-order valence-corrected chi connectivity index (χ4v) is 1.42. The number of hydrogen-bond acceptors (Lipinski definition) is 4. The first kappa shape index (κ1) is 14.3. The fraction of sp³-hybridized carbons (Fsp3) is 0.462. The van der Waals surface area contributed by atoms with Crippen molar-refractivity contribution in [2.75, 3.05) is 20.8 Å². The Morgan fingerprint density at radius 3 is 2.33 bits per heavy atom. The molecule has 0 spiro atoms. The van der Waals surface area contributed by atoms with E-state index in [1.807, 2.05) is 24.3 Å². The Balaban J connectivity index is 2.47. The highest BCUT2D eigenvalue weighted by Crippen LogP contribution is 2.18. The summed E-state index contributed by atoms with van der Waals surface area (Å²) in [4.78, 5) is 11.3. The molecule has 18 heavy (non-hydrogen) atoms. The van der Waals surface area contributed by atoms with Gasteiger partial charge < -0.3 is 20.5 Å². The third-order valence-electron chi connectivity index (χ3n) is 3.03. The quantitative estimate of drug-likeness (QED) is 0.757. The summed E-state index contributed by atoms with van der Waals surface area (Å²) in [6, 6.07) is 7.28. The molecule has 5 heteroatoms. The maximum atomic E-state index is 11.3. The SMILES string of the molecule is CNC(C)(CCOc1ccc(OC)cc1)C(N)=O. The van der Waals surface area contributed by atoms with Crippen LogP contribution in [-0.2, 0) is 4.79 Å². The highest BCUT2D eigenvalue weighted by Gasteiger charge is 2.28. The summed E-state index contributed by atoms with van der Waals surface area (Å²) in [5.74, 6) is 1.13. The van der Waals surface area contributed by atoms with Gasteiger partial charge in [0.2, 0.25) is 5.91 Å². The molecular weight excluding hydrogens is 232 g/mol. The van der Waals surface area contributed by atoms with E-state index in [0.717, 1.165) is 11.5 Å². The lowest BCUT2D eigenvalue weighted by Crippen LogP contribution is -2.52. The van der Waals surface area contributed by atoms with E-state index >= 15 is 0 Å². The van der Waals surface area contributed by atoms with Crippen molar-refractivity contribution in [3.8, 4) is 11.5 Å². The molecule has 0 aliphatic rings. The van der Waals surface area contributed by atoms with Crippen molar-refractivity contribution in [3.63, 3.8) is 0 Å². The molecule has 0 heterocycles. The molecule has 0 aliphatic heterocycles. The number of nitrogens with one attached hydrogen (secondary N) is 1. The zero-order valence-electron chi connectivity index (χ0n) is 11.0. The second kappa shape index (κ2) is 6.26. The molecule has 100 valence electrons. The van der Waals surface area contributed by atoms with Crippen molar-refractivity contribution in [2.24, 2.45) is 5.73 Å². The van der Waals surface area contributed by atoms with E-state index in [9.17, 15) is 4.79 Å². The fourth-order valence-electron chi connectivity index (χ4n) is 1.42. The van der Waals surface area contributed by atoms with E-state index in [1.54, 1.807) is 21.1 Å². The van der Waals surface area contributed by atoms with Gasteiger partial charge in [-0.2, -0.15) is 0 Å². The van der Waals surface area contributed by atoms with E-state index in [4.69, 9.17) is 15.2 Å². The summed E-state index contributed by atoms with van der Waals surface area (Å²) in [5.41, 5.74) is 4.58. The van der Waals surface area contributed by atoms with Crippen LogP contribution >= 0.6 is 0 Å². The first-order valence-corrected chi connectivity index (χ1v) is 5.77. The highest BCUT2D eigenvalue weighted by molar-refractivity contribution is 5.84. The van der Waals surface area contributed by atoms with E-state index in [1.165, 1.54) is 0 Å². The first-order valence-electron chi connectivity index (χ1n) is 5.77. The minimum absolute atomic E-state index is 0.386. The monoisotopic (exact) mass is 252 g/mol. The number of ether oxygens (including phenoxy) is 2. The zero-order valence-corrected chi connectivity index (χ0v) is 11.0. The Bertz CT molecular complexity index is 392. The van der Waals surface area contributed by atoms with E-state index in [2.05, 4.69) is 5.32 Å². The second-order valence-electron chi connectivity index (χ2n) is 4.22. The smallest absolute Gasteiger partial charge is 0.237 e. The predicted molar refractivity (Wildman–Crippen MR) is 69.8 cm³/mol. The van der Waals surface area contributed by atoms with Crippen LogP contribution in [0.3, 0.4) is 0 Å². The van der Waals surface area contributed by atoms with Crippen molar-refractivity contribution in [3.05, 3.63) is 24.3 Å². The van der Waals surface area contributed by atoms with Crippen LogP contribution in [-0.4, -0.2) is 32.2 Å². The molecule has 1 unspecified atom stereocenters. The summed E-state index contributed by atoms with van der Waals surface area (Å²) in [6.45, 7) is 2.17. The van der Waals surface area contributed by atoms with E-state index in [-0.39, 0.29) is 5.91 Å². The van der Waals surface area contributed by atoms with Crippen molar-refractivity contribution in [2.45, 2.75) is 18.9 Å². The molecule has 5 nitrogen and oxygen atoms in total. The van der Waals surface area contributed by atoms with Gasteiger partial charge >= 0.3 is 0 Å². The minimum Gasteiger partial charge on any atom is -0.497 e. The molecule has 3 N–H and O–H groups in total. The van der Waals surface area contributed by atoms with Gasteiger partial charge in [-0.1, -0.05) is 0 Å². The van der Waals surface area contributed by atoms with Crippen LogP contribution in [0.2, 0.25) is 0 Å². The number of hydrogen-bond donors (Lipinski definition) is 2. The van der Waals surface area contributed by atoms with Gasteiger partial charge in [0.15, 0.2) is 0 Å². The average Bonchev–Trinajstić information content (AvgIpc) is 2.39. The molecule has 0 bridgehead atoms. The van der Waals surface area contributed by atoms with Crippen molar-refractivity contribution >= 4 is 5.91 Å². The highest BCUT2D eigenvalue weighted by atomic mass is 16.5. The lowest BCUT2D eigenvalue weighted by Gasteiger charge is -2.25. The second-order valence-corrected chi connectivity index (χ2v) is 4.22. The largest absolute Gasteiger partial charge is 0.497 e. The molecule has 1 amide bonds. The maximum Gasteiger partial charge on any atom is 0.237 e. The summed E-state index contributed by atoms with van der Waals surface area (Å²) >= 11 is 0. The number of primary amides is 1. The Labute approximate surface area is 107 Å². The molecule has 1 atom stereocenters. The van der Waals surface area contributed by atoms with Gasteiger partial charge in [0.25, 0.3) is 0 Å². The Hall–Kier alpha value is -1.75. The molecule has 1 rings (SSSR count). The molecule has 1 aromatic carbocycles. The van der Waals surface area contributed by atoms with Crippen LogP contribution in [0, 0.1) is 0 Å². The normalized spacial score (nSPS) is 13.7. The predicted octanol–water partition coefficient (Wildman–Crippen LogP) is 0.927. The molecule has 1 aromatic rings. The van der Waals surface area contributed by atoms with E-state index in [0.29, 0.717) is 13.0 Å². The van der Waals surface area contributed by atoms with Crippen LogP contribution in [0.4, 0.5) is 0 Å². The Kier molecular flexibility index (Phi) is 4.97. The van der Waals surface area contributed by atoms with Crippen LogP contribution in [0.5, 0.6) is 11.5 Å². The topological polar surface area (TPSA) is 73.6 Å². The van der Waals surface area contributed by atoms with Gasteiger partial charge in [-0.25, -0.2) is 0 Å². The number of carbonyl (C=O) groups is 1. The van der Waals surface area contributed by atoms with Crippen molar-refractivity contribution < 1.29 is 14.3 Å². The number of methoxy groups -OCH3 is 1. The average molecular weight is 252 g/mol. The van der Waals surface area contributed by atoms with Gasteiger partial charge in [0, 0.05) is 6.42 Å². The molecule has 0 saturated carbocycles. The molecular formula is C13H20N2O3. The standard InChI is InChI=1S/C13H20N2O3/c1-13(15-2,12(14)16)8-9-18-11-6-4-10(17-3)5-7-11/h4-7,15H,8-9H2,1-3H3,(H2,14,16). The molecule has 0 saturated heterocycles. The first-order chi connectivity index (χ1) is 8.51. The maximum absolute atomic E-state index is 11.3. The van der Waals surface area contributed by atoms with Gasteiger partial charge in [-0.05, 0) is 38.2 Å². The zero-order chi connectivity index (χ0) is 13.6. The van der Waals surface area contributed by atoms with Gasteiger partial charge in [0.05, 0.1) is 19.3 Å². The van der Waals surface area contributed by atoms with Crippen molar-refractivity contribution in [1.82, 2.24) is 5.32 Å². The number of benzene rings is 1. The molecule has 0 radical (unpaired) electrons. The van der Waals surface area contributed by atoms with Crippen molar-refractivity contribution in [1.29, 1.82) is 0 Å². The van der Waals surface area contributed by atoms with Gasteiger partial charge in [-0.3, -0.25) is 4.79 Å². The number of carbonyl (C=O) groups excluding carboxylic acids is 1. The number of likely N-dealkylation sites (N-methyl/N-ethyl adjacent to an activating group) is 1. The van der Waals surface area contributed by atoms with Crippen LogP contribution in [0.1, 0.15) is 13.3 Å². The third-order valence-corrected chi connectivity index (χ3v) is 3.03. The number of rotatable bonds is 7. The Morgan fingerprint density at radius 2 is 1.89 bits per heavy atom. The molecule has 0 aliphatic carbocycles. The number of nitrogens with two attached hydrogens (primary N) is 1. The Morgan fingerprint density at radius 1 is 1.33 bits per heavy atom. The minimum atomic E-state index is -0.744. The number of amides is 1. The molecule has 0 fully saturated rings. The van der Waals surface area contributed by atoms with Gasteiger partial charge in [0.1, 0.15) is 11.5 Å². The molecule has 0 aromatic heterocycles. The van der Waals surface area contributed by atoms with Crippen LogP contribution < -0.4 is 20.5 Å². The lowest BCUT2D eigenvalue weighted by atomic mass is 9.98. The lowest BCUT2D eigenvalue weighted by molar-refractivity contribution is -0.124. The third kappa shape index (κ3) is 3.63.